The molecule has 6 heteroatoms. The number of nitrogens with zero attached hydrogens (tertiary/aromatic N) is 1. The van der Waals surface area contributed by atoms with Gasteiger partial charge in [0.05, 0.1) is 12.8 Å². The average molecular weight is 236 g/mol. The molecule has 0 bridgehead atoms. The van der Waals surface area contributed by atoms with Crippen molar-refractivity contribution in [3.8, 4) is 17.0 Å². The Kier molecular flexibility index (Phi) is 2.78. The number of aromatic carboxylic acids is 1. The zero-order chi connectivity index (χ0) is 12.4. The highest BCUT2D eigenvalue weighted by Crippen LogP contribution is 2.25. The predicted octanol–water partition coefficient (Wildman–Crippen LogP) is 1.92. The summed E-state index contributed by atoms with van der Waals surface area (Å²) in [5.74, 6) is -1.27. The van der Waals surface area contributed by atoms with E-state index in [-0.39, 0.29) is 17.0 Å². The second-order valence-electron chi connectivity index (χ2n) is 3.32. The summed E-state index contributed by atoms with van der Waals surface area (Å²) in [5, 5.41) is 14.8. The summed E-state index contributed by atoms with van der Waals surface area (Å²) in [6, 6.07) is 5.54. The number of hydrogen-bond acceptors (Lipinski definition) is 3. The molecule has 0 aliphatic carbocycles. The van der Waals surface area contributed by atoms with Gasteiger partial charge in [-0.15, -0.1) is 0 Å². The van der Waals surface area contributed by atoms with Crippen LogP contribution in [0.4, 0.5) is 4.39 Å². The number of ether oxygens (including phenoxy) is 1. The summed E-state index contributed by atoms with van der Waals surface area (Å²) in [5.41, 5.74) is 0.368. The molecule has 0 saturated carbocycles. The maximum absolute atomic E-state index is 13.7. The SMILES string of the molecule is COc1ccc(-c2cc(C(=O)O)[nH]n2)c(F)c1. The van der Waals surface area contributed by atoms with E-state index in [2.05, 4.69) is 10.2 Å². The van der Waals surface area contributed by atoms with Crippen LogP contribution in [0.3, 0.4) is 0 Å². The zero-order valence-corrected chi connectivity index (χ0v) is 8.90. The number of aromatic amines is 1. The van der Waals surface area contributed by atoms with Gasteiger partial charge in [0.25, 0.3) is 0 Å². The second kappa shape index (κ2) is 4.25. The van der Waals surface area contributed by atoms with Gasteiger partial charge < -0.3 is 9.84 Å². The fourth-order valence-corrected chi connectivity index (χ4v) is 1.40. The molecule has 0 amide bonds. The molecule has 0 unspecified atom stereocenters. The van der Waals surface area contributed by atoms with Crippen molar-refractivity contribution in [3.05, 3.63) is 35.8 Å². The molecule has 0 atom stereocenters. The number of benzene rings is 1. The van der Waals surface area contributed by atoms with Crippen LogP contribution >= 0.6 is 0 Å². The average Bonchev–Trinajstić information content (AvgIpc) is 2.78. The molecule has 0 aliphatic heterocycles. The van der Waals surface area contributed by atoms with Gasteiger partial charge in [0.2, 0.25) is 0 Å². The first-order chi connectivity index (χ1) is 8.11. The van der Waals surface area contributed by atoms with Gasteiger partial charge in [-0.2, -0.15) is 5.10 Å². The number of carboxylic acids is 1. The van der Waals surface area contributed by atoms with E-state index in [1.54, 1.807) is 6.07 Å². The van der Waals surface area contributed by atoms with Crippen LogP contribution in [0.1, 0.15) is 10.5 Å². The van der Waals surface area contributed by atoms with Gasteiger partial charge in [0.1, 0.15) is 17.3 Å². The largest absolute Gasteiger partial charge is 0.497 e. The highest BCUT2D eigenvalue weighted by atomic mass is 19.1. The van der Waals surface area contributed by atoms with E-state index in [4.69, 9.17) is 9.84 Å². The Labute approximate surface area is 95.9 Å². The topological polar surface area (TPSA) is 75.2 Å². The molecule has 1 heterocycles. The van der Waals surface area contributed by atoms with E-state index < -0.39 is 11.8 Å². The lowest BCUT2D eigenvalue weighted by Gasteiger charge is -2.02. The molecule has 0 fully saturated rings. The van der Waals surface area contributed by atoms with Gasteiger partial charge in [-0.25, -0.2) is 9.18 Å². The molecule has 2 aromatic rings. The summed E-state index contributed by atoms with van der Waals surface area (Å²) in [6.07, 6.45) is 0. The molecule has 0 radical (unpaired) electrons. The second-order valence-corrected chi connectivity index (χ2v) is 3.32. The standard InChI is InChI=1S/C11H9FN2O3/c1-17-6-2-3-7(8(12)4-6)9-5-10(11(15)16)14-13-9/h2-5H,1H3,(H,13,14)(H,15,16). The molecule has 2 rings (SSSR count). The van der Waals surface area contributed by atoms with E-state index in [1.807, 2.05) is 0 Å². The van der Waals surface area contributed by atoms with Gasteiger partial charge in [0.15, 0.2) is 0 Å². The number of carboxylic acid groups (broad SMARTS) is 1. The van der Waals surface area contributed by atoms with Crippen LogP contribution in [-0.4, -0.2) is 28.4 Å². The molecule has 17 heavy (non-hydrogen) atoms. The normalized spacial score (nSPS) is 10.2. The molecular weight excluding hydrogens is 227 g/mol. The van der Waals surface area contributed by atoms with E-state index >= 15 is 0 Å². The van der Waals surface area contributed by atoms with Crippen molar-refractivity contribution in [1.82, 2.24) is 10.2 Å². The van der Waals surface area contributed by atoms with Crippen molar-refractivity contribution < 1.29 is 19.0 Å². The predicted molar refractivity (Wildman–Crippen MR) is 57.5 cm³/mol. The van der Waals surface area contributed by atoms with Crippen molar-refractivity contribution in [2.45, 2.75) is 0 Å². The first-order valence-electron chi connectivity index (χ1n) is 4.74. The van der Waals surface area contributed by atoms with Crippen LogP contribution in [-0.2, 0) is 0 Å². The Balaban J connectivity index is 2.42. The molecule has 2 N–H and O–H groups in total. The van der Waals surface area contributed by atoms with Gasteiger partial charge in [-0.1, -0.05) is 0 Å². The van der Waals surface area contributed by atoms with Crippen molar-refractivity contribution in [3.63, 3.8) is 0 Å². The summed E-state index contributed by atoms with van der Waals surface area (Å²) in [6.45, 7) is 0. The van der Waals surface area contributed by atoms with Gasteiger partial charge in [-0.05, 0) is 18.2 Å². The molecular formula is C11H9FN2O3. The van der Waals surface area contributed by atoms with Crippen molar-refractivity contribution in [2.24, 2.45) is 0 Å². The van der Waals surface area contributed by atoms with Crippen LogP contribution in [0.25, 0.3) is 11.3 Å². The van der Waals surface area contributed by atoms with Crippen molar-refractivity contribution >= 4 is 5.97 Å². The third kappa shape index (κ3) is 2.10. The Hall–Kier alpha value is -2.37. The zero-order valence-electron chi connectivity index (χ0n) is 8.90. The number of rotatable bonds is 3. The monoisotopic (exact) mass is 236 g/mol. The van der Waals surface area contributed by atoms with Crippen LogP contribution < -0.4 is 4.74 Å². The summed E-state index contributed by atoms with van der Waals surface area (Å²) in [7, 11) is 1.44. The fraction of sp³-hybridized carbons (Fsp3) is 0.0909. The van der Waals surface area contributed by atoms with E-state index in [0.29, 0.717) is 5.75 Å². The number of H-pyrrole nitrogens is 1. The molecule has 88 valence electrons. The van der Waals surface area contributed by atoms with Gasteiger partial charge in [0, 0.05) is 11.6 Å². The third-order valence-electron chi connectivity index (χ3n) is 2.26. The van der Waals surface area contributed by atoms with E-state index in [9.17, 15) is 9.18 Å². The molecule has 0 aliphatic rings. The maximum Gasteiger partial charge on any atom is 0.353 e. The molecule has 5 nitrogen and oxygen atoms in total. The van der Waals surface area contributed by atoms with E-state index in [1.165, 1.54) is 25.3 Å². The Bertz CT molecular complexity index is 566. The lowest BCUT2D eigenvalue weighted by atomic mass is 10.1. The number of aromatic nitrogens is 2. The highest BCUT2D eigenvalue weighted by Gasteiger charge is 2.12. The first-order valence-corrected chi connectivity index (χ1v) is 4.74. The minimum atomic E-state index is -1.14. The number of hydrogen-bond donors (Lipinski definition) is 2. The summed E-state index contributed by atoms with van der Waals surface area (Å²) < 4.78 is 18.5. The molecule has 1 aromatic carbocycles. The minimum absolute atomic E-state index is 0.0878. The maximum atomic E-state index is 13.7. The number of carbonyl (C=O) groups is 1. The van der Waals surface area contributed by atoms with Gasteiger partial charge in [-0.3, -0.25) is 5.10 Å². The Morgan fingerprint density at radius 2 is 2.24 bits per heavy atom. The molecule has 1 aromatic heterocycles. The number of nitrogens with one attached hydrogen (secondary N) is 1. The lowest BCUT2D eigenvalue weighted by Crippen LogP contribution is -1.95. The summed E-state index contributed by atoms with van der Waals surface area (Å²) >= 11 is 0. The number of methoxy groups -OCH3 is 1. The van der Waals surface area contributed by atoms with Crippen LogP contribution in [0, 0.1) is 5.82 Å². The highest BCUT2D eigenvalue weighted by molar-refractivity contribution is 5.86. The van der Waals surface area contributed by atoms with Crippen LogP contribution in [0.5, 0.6) is 5.75 Å². The smallest absolute Gasteiger partial charge is 0.353 e. The first kappa shape index (κ1) is 11.1. The van der Waals surface area contributed by atoms with Gasteiger partial charge >= 0.3 is 5.97 Å². The Morgan fingerprint density at radius 1 is 1.47 bits per heavy atom. The molecule has 0 spiro atoms. The molecule has 0 saturated heterocycles. The van der Waals surface area contributed by atoms with Crippen molar-refractivity contribution in [1.29, 1.82) is 0 Å². The Morgan fingerprint density at radius 3 is 2.76 bits per heavy atom. The van der Waals surface area contributed by atoms with E-state index in [0.717, 1.165) is 0 Å². The fourth-order valence-electron chi connectivity index (χ4n) is 1.40. The quantitative estimate of drug-likeness (QED) is 0.853. The van der Waals surface area contributed by atoms with Crippen LogP contribution in [0.2, 0.25) is 0 Å². The van der Waals surface area contributed by atoms with Crippen LogP contribution in [0.15, 0.2) is 24.3 Å². The summed E-state index contributed by atoms with van der Waals surface area (Å²) in [4.78, 5) is 10.6. The van der Waals surface area contributed by atoms with Crippen molar-refractivity contribution in [2.75, 3.05) is 7.11 Å². The lowest BCUT2D eigenvalue weighted by molar-refractivity contribution is 0.0690. The number of halogens is 1. The minimum Gasteiger partial charge on any atom is -0.497 e. The third-order valence-corrected chi connectivity index (χ3v) is 2.26.